The highest BCUT2D eigenvalue weighted by Crippen LogP contribution is 2.43. The molecule has 0 nitrogen and oxygen atoms in total. The van der Waals surface area contributed by atoms with Crippen LogP contribution in [0.15, 0.2) is 114 Å². The zero-order valence-corrected chi connectivity index (χ0v) is 23.2. The fraction of sp³-hybridized carbons (Fsp3) is 0.200. The van der Waals surface area contributed by atoms with Gasteiger partial charge in [-0.3, -0.25) is 0 Å². The summed E-state index contributed by atoms with van der Waals surface area (Å²) in [6.45, 7) is 17.3. The lowest BCUT2D eigenvalue weighted by molar-refractivity contribution is 0.623. The van der Waals surface area contributed by atoms with Crippen LogP contribution in [0, 0.1) is 0 Å². The Hall–Kier alpha value is -3.42. The molecule has 1 aliphatic rings. The third kappa shape index (κ3) is 4.68. The van der Waals surface area contributed by atoms with E-state index in [0.717, 1.165) is 5.57 Å². The van der Waals surface area contributed by atoms with E-state index >= 15 is 0 Å². The first-order valence-corrected chi connectivity index (χ1v) is 13.7. The highest BCUT2D eigenvalue weighted by atomic mass is 32.1. The average Bonchev–Trinajstić information content (AvgIpc) is 3.24. The summed E-state index contributed by atoms with van der Waals surface area (Å²) < 4.78 is 2.71. The number of hydrogen-bond acceptors (Lipinski definition) is 1. The maximum Gasteiger partial charge on any atom is 0.0433 e. The van der Waals surface area contributed by atoms with Crippen molar-refractivity contribution in [2.24, 2.45) is 0 Å². The fourth-order valence-electron chi connectivity index (χ4n) is 4.77. The molecule has 0 fully saturated rings. The normalized spacial score (nSPS) is 14.8. The minimum Gasteiger partial charge on any atom is -0.135 e. The molecule has 0 amide bonds. The summed E-state index contributed by atoms with van der Waals surface area (Å²) in [7, 11) is 0. The number of allylic oxidation sites excluding steroid dienone is 8. The molecule has 0 aliphatic heterocycles. The lowest BCUT2D eigenvalue weighted by Gasteiger charge is -2.28. The van der Waals surface area contributed by atoms with E-state index in [2.05, 4.69) is 112 Å². The van der Waals surface area contributed by atoms with E-state index in [9.17, 15) is 0 Å². The van der Waals surface area contributed by atoms with Gasteiger partial charge in [0, 0.05) is 25.6 Å². The molecule has 1 heterocycles. The van der Waals surface area contributed by atoms with Gasteiger partial charge in [0.05, 0.1) is 0 Å². The molecule has 0 N–H and O–H groups in total. The van der Waals surface area contributed by atoms with E-state index in [1.807, 2.05) is 44.3 Å². The molecule has 5 rings (SSSR count). The van der Waals surface area contributed by atoms with Crippen LogP contribution in [-0.4, -0.2) is 0 Å². The fourth-order valence-corrected chi connectivity index (χ4v) is 6.00. The second kappa shape index (κ2) is 10.7. The maximum absolute atomic E-state index is 4.33. The summed E-state index contributed by atoms with van der Waals surface area (Å²) in [5.74, 6) is 0. The van der Waals surface area contributed by atoms with Gasteiger partial charge in [-0.05, 0) is 65.5 Å². The number of benzene rings is 3. The molecule has 3 aromatic carbocycles. The van der Waals surface area contributed by atoms with E-state index < -0.39 is 0 Å². The zero-order chi connectivity index (χ0) is 25.9. The summed E-state index contributed by atoms with van der Waals surface area (Å²) in [6.07, 6.45) is 12.8. The summed E-state index contributed by atoms with van der Waals surface area (Å²) in [5.41, 5.74) is 8.68. The van der Waals surface area contributed by atoms with Crippen molar-refractivity contribution in [1.29, 1.82) is 0 Å². The van der Waals surface area contributed by atoms with Crippen molar-refractivity contribution in [2.45, 2.75) is 47.0 Å². The quantitative estimate of drug-likeness (QED) is 0.251. The maximum atomic E-state index is 4.33. The monoisotopic (exact) mass is 488 g/mol. The van der Waals surface area contributed by atoms with Crippen LogP contribution in [0.1, 0.15) is 52.7 Å². The Balaban J connectivity index is 0.00000148. The van der Waals surface area contributed by atoms with Crippen LogP contribution in [0.3, 0.4) is 0 Å². The van der Waals surface area contributed by atoms with Crippen molar-refractivity contribution in [3.05, 3.63) is 125 Å². The number of thiophene rings is 1. The molecule has 182 valence electrons. The van der Waals surface area contributed by atoms with E-state index in [4.69, 9.17) is 0 Å². The molecule has 0 saturated carbocycles. The molecular formula is C35H36S. The molecule has 36 heavy (non-hydrogen) atoms. The van der Waals surface area contributed by atoms with E-state index in [1.165, 1.54) is 53.6 Å². The predicted octanol–water partition coefficient (Wildman–Crippen LogP) is 11.1. The van der Waals surface area contributed by atoms with Gasteiger partial charge in [-0.15, -0.1) is 11.3 Å². The van der Waals surface area contributed by atoms with Gasteiger partial charge >= 0.3 is 0 Å². The highest BCUT2D eigenvalue weighted by molar-refractivity contribution is 7.26. The lowest BCUT2D eigenvalue weighted by atomic mass is 9.76. The summed E-state index contributed by atoms with van der Waals surface area (Å²) >= 11 is 1.89. The Bertz CT molecular complexity index is 1550. The Labute approximate surface area is 220 Å². The van der Waals surface area contributed by atoms with Gasteiger partial charge in [0.25, 0.3) is 0 Å². The summed E-state index contributed by atoms with van der Waals surface area (Å²) in [6, 6.07) is 22.4. The minimum absolute atomic E-state index is 0.0784. The van der Waals surface area contributed by atoms with Crippen LogP contribution in [-0.2, 0) is 5.41 Å². The first-order valence-electron chi connectivity index (χ1n) is 12.8. The van der Waals surface area contributed by atoms with Crippen LogP contribution in [0.2, 0.25) is 0 Å². The molecule has 0 bridgehead atoms. The van der Waals surface area contributed by atoms with Crippen molar-refractivity contribution in [1.82, 2.24) is 0 Å². The average molecular weight is 489 g/mol. The standard InChI is InChI=1S/C33H30S.C2H6/c1-6-7-8-12-22(2)26-19-23(3)33(4,5)30-21-24(17-18-25(30)20-26)27-14-11-15-29-28-13-9-10-16-31(28)34-32(27)29;1-2/h6-21H,2H2,1,3-5H3;1-2H3/b7-6-,12-8-;. The molecule has 1 aliphatic carbocycles. The van der Waals surface area contributed by atoms with Crippen LogP contribution >= 0.6 is 11.3 Å². The molecule has 0 atom stereocenters. The van der Waals surface area contributed by atoms with Gasteiger partial charge in [0.1, 0.15) is 0 Å². The Morgan fingerprint density at radius 2 is 1.64 bits per heavy atom. The second-order valence-corrected chi connectivity index (χ2v) is 10.6. The van der Waals surface area contributed by atoms with Crippen LogP contribution in [0.4, 0.5) is 0 Å². The van der Waals surface area contributed by atoms with E-state index in [-0.39, 0.29) is 5.41 Å². The smallest absolute Gasteiger partial charge is 0.0433 e. The van der Waals surface area contributed by atoms with Gasteiger partial charge in [-0.2, -0.15) is 0 Å². The second-order valence-electron chi connectivity index (χ2n) is 9.54. The van der Waals surface area contributed by atoms with Gasteiger partial charge in [0.15, 0.2) is 0 Å². The first-order chi connectivity index (χ1) is 17.4. The van der Waals surface area contributed by atoms with Gasteiger partial charge < -0.3 is 0 Å². The summed E-state index contributed by atoms with van der Waals surface area (Å²) in [4.78, 5) is 0. The molecule has 1 heteroatoms. The van der Waals surface area contributed by atoms with Crippen molar-refractivity contribution < 1.29 is 0 Å². The zero-order valence-electron chi connectivity index (χ0n) is 22.4. The van der Waals surface area contributed by atoms with Gasteiger partial charge in [-0.25, -0.2) is 0 Å². The SMILES string of the molecule is C=C(/C=C\C=C/C)C1=Cc2ccc(-c3cccc4c3sc3ccccc34)cc2C(C)(C)C(C)=C1.CC. The van der Waals surface area contributed by atoms with Crippen LogP contribution in [0.25, 0.3) is 37.4 Å². The molecule has 4 aromatic rings. The largest absolute Gasteiger partial charge is 0.135 e. The molecule has 0 saturated heterocycles. The van der Waals surface area contributed by atoms with Gasteiger partial charge in [-0.1, -0.05) is 119 Å². The van der Waals surface area contributed by atoms with Crippen molar-refractivity contribution in [2.75, 3.05) is 0 Å². The third-order valence-electron chi connectivity index (χ3n) is 7.08. The van der Waals surface area contributed by atoms with E-state index in [1.54, 1.807) is 0 Å². The number of rotatable bonds is 4. The predicted molar refractivity (Wildman–Crippen MR) is 164 cm³/mol. The van der Waals surface area contributed by atoms with E-state index in [0.29, 0.717) is 0 Å². The molecule has 1 aromatic heterocycles. The van der Waals surface area contributed by atoms with Crippen LogP contribution in [0.5, 0.6) is 0 Å². The third-order valence-corrected chi connectivity index (χ3v) is 8.30. The highest BCUT2D eigenvalue weighted by Gasteiger charge is 2.28. The lowest BCUT2D eigenvalue weighted by Crippen LogP contribution is -2.19. The van der Waals surface area contributed by atoms with Crippen LogP contribution < -0.4 is 0 Å². The Kier molecular flexibility index (Phi) is 7.62. The molecule has 0 radical (unpaired) electrons. The topological polar surface area (TPSA) is 0 Å². The summed E-state index contributed by atoms with van der Waals surface area (Å²) in [5, 5.41) is 2.69. The minimum atomic E-state index is -0.0784. The molecule has 0 spiro atoms. The number of hydrogen-bond donors (Lipinski definition) is 0. The van der Waals surface area contributed by atoms with Gasteiger partial charge in [0.2, 0.25) is 0 Å². The van der Waals surface area contributed by atoms with Crippen molar-refractivity contribution in [3.63, 3.8) is 0 Å². The van der Waals surface area contributed by atoms with Crippen molar-refractivity contribution >= 4 is 37.6 Å². The Morgan fingerprint density at radius 3 is 2.42 bits per heavy atom. The Morgan fingerprint density at radius 1 is 0.889 bits per heavy atom. The first kappa shape index (κ1) is 25.7. The van der Waals surface area contributed by atoms with Crippen molar-refractivity contribution in [3.8, 4) is 11.1 Å². The molecule has 0 unspecified atom stereocenters. The number of fused-ring (bicyclic) bond motifs is 4. The molecular weight excluding hydrogens is 452 g/mol.